The summed E-state index contributed by atoms with van der Waals surface area (Å²) in [5.41, 5.74) is 3.88. The zero-order valence-electron chi connectivity index (χ0n) is 19.7. The second-order valence-electron chi connectivity index (χ2n) is 9.86. The molecule has 0 radical (unpaired) electrons. The van der Waals surface area contributed by atoms with Gasteiger partial charge in [-0.2, -0.15) is 0 Å². The van der Waals surface area contributed by atoms with Gasteiger partial charge in [-0.25, -0.2) is 9.59 Å². The van der Waals surface area contributed by atoms with Gasteiger partial charge in [0.15, 0.2) is 0 Å². The highest BCUT2D eigenvalue weighted by molar-refractivity contribution is 5.92. The zero-order chi connectivity index (χ0) is 23.7. The van der Waals surface area contributed by atoms with E-state index in [1.54, 1.807) is 12.1 Å². The Morgan fingerprint density at radius 1 is 1.03 bits per heavy atom. The summed E-state index contributed by atoms with van der Waals surface area (Å²) in [6, 6.07) is 9.07. The number of hydrogen-bond donors (Lipinski definition) is 0. The normalized spacial score (nSPS) is 31.5. The third kappa shape index (κ3) is 4.11. The van der Waals surface area contributed by atoms with E-state index >= 15 is 0 Å². The van der Waals surface area contributed by atoms with Crippen LogP contribution in [0.1, 0.15) is 49.4 Å². The van der Waals surface area contributed by atoms with Gasteiger partial charge in [-0.3, -0.25) is 0 Å². The van der Waals surface area contributed by atoms with Gasteiger partial charge in [0.25, 0.3) is 0 Å². The molecule has 0 aliphatic heterocycles. The fourth-order valence-electron chi connectivity index (χ4n) is 6.49. The number of rotatable bonds is 7. The van der Waals surface area contributed by atoms with E-state index in [9.17, 15) is 9.59 Å². The van der Waals surface area contributed by atoms with Crippen LogP contribution in [-0.2, 0) is 14.3 Å². The van der Waals surface area contributed by atoms with Crippen molar-refractivity contribution in [2.75, 3.05) is 0 Å². The van der Waals surface area contributed by atoms with E-state index in [4.69, 9.17) is 9.47 Å². The molecule has 2 fully saturated rings. The molecule has 2 saturated carbocycles. The van der Waals surface area contributed by atoms with Gasteiger partial charge in [0.05, 0.1) is 11.1 Å². The molecule has 0 saturated heterocycles. The topological polar surface area (TPSA) is 52.6 Å². The molecule has 4 nitrogen and oxygen atoms in total. The smallest absolute Gasteiger partial charge is 0.338 e. The van der Waals surface area contributed by atoms with Crippen LogP contribution in [0.4, 0.5) is 0 Å². The van der Waals surface area contributed by atoms with Crippen LogP contribution in [0.5, 0.6) is 0 Å². The molecule has 0 aromatic heterocycles. The lowest BCUT2D eigenvalue weighted by molar-refractivity contribution is -0.157. The van der Waals surface area contributed by atoms with Crippen LogP contribution in [-0.4, -0.2) is 24.1 Å². The first-order chi connectivity index (χ1) is 16.6. The number of allylic oxidation sites excluding steroid dienone is 7. The summed E-state index contributed by atoms with van der Waals surface area (Å²) < 4.78 is 12.3. The van der Waals surface area contributed by atoms with Crippen LogP contribution < -0.4 is 0 Å². The van der Waals surface area contributed by atoms with E-state index in [1.807, 2.05) is 42.5 Å². The lowest BCUT2D eigenvalue weighted by Crippen LogP contribution is -2.46. The monoisotopic (exact) mass is 456 g/mol. The Bertz CT molecular complexity index is 1090. The van der Waals surface area contributed by atoms with Crippen molar-refractivity contribution in [3.8, 4) is 0 Å². The summed E-state index contributed by atoms with van der Waals surface area (Å²) in [5.74, 6) is 0.449. The minimum atomic E-state index is -0.440. The number of esters is 2. The van der Waals surface area contributed by atoms with E-state index in [1.165, 1.54) is 11.1 Å². The van der Waals surface area contributed by atoms with Gasteiger partial charge in [0.2, 0.25) is 0 Å². The Morgan fingerprint density at radius 2 is 1.79 bits per heavy atom. The number of benzene rings is 1. The van der Waals surface area contributed by atoms with Crippen LogP contribution in [0.15, 0.2) is 90.1 Å². The number of fused-ring (bicyclic) bond motifs is 5. The largest absolute Gasteiger partial charge is 0.455 e. The van der Waals surface area contributed by atoms with Crippen LogP contribution in [0, 0.1) is 23.7 Å². The summed E-state index contributed by atoms with van der Waals surface area (Å²) in [4.78, 5) is 26.1. The summed E-state index contributed by atoms with van der Waals surface area (Å²) in [6.45, 7) is 6.02. The zero-order valence-corrected chi connectivity index (χ0v) is 19.7. The van der Waals surface area contributed by atoms with Gasteiger partial charge in [-0.1, -0.05) is 60.2 Å². The molecule has 6 atom stereocenters. The highest BCUT2D eigenvalue weighted by atomic mass is 16.6. The van der Waals surface area contributed by atoms with Crippen molar-refractivity contribution in [1.29, 1.82) is 0 Å². The molecule has 2 bridgehead atoms. The Labute approximate surface area is 201 Å². The van der Waals surface area contributed by atoms with Gasteiger partial charge in [-0.05, 0) is 68.6 Å². The van der Waals surface area contributed by atoms with Crippen LogP contribution >= 0.6 is 0 Å². The maximum absolute atomic E-state index is 13.0. The van der Waals surface area contributed by atoms with E-state index in [2.05, 4.69) is 25.7 Å². The molecule has 0 spiro atoms. The van der Waals surface area contributed by atoms with Crippen molar-refractivity contribution in [3.05, 3.63) is 95.6 Å². The summed E-state index contributed by atoms with van der Waals surface area (Å²) in [6.07, 6.45) is 15.8. The fourth-order valence-corrected chi connectivity index (χ4v) is 6.49. The van der Waals surface area contributed by atoms with Crippen molar-refractivity contribution in [2.45, 2.75) is 51.2 Å². The van der Waals surface area contributed by atoms with Gasteiger partial charge in [0, 0.05) is 11.8 Å². The Balaban J connectivity index is 1.42. The quantitative estimate of drug-likeness (QED) is 0.366. The lowest BCUT2D eigenvalue weighted by atomic mass is 9.75. The third-order valence-electron chi connectivity index (χ3n) is 7.90. The van der Waals surface area contributed by atoms with Gasteiger partial charge < -0.3 is 9.47 Å². The highest BCUT2D eigenvalue weighted by Crippen LogP contribution is 2.62. The molecule has 5 rings (SSSR count). The molecule has 0 heterocycles. The Kier molecular flexibility index (Phi) is 6.40. The van der Waals surface area contributed by atoms with Crippen molar-refractivity contribution >= 4 is 11.9 Å². The van der Waals surface area contributed by atoms with E-state index in [0.29, 0.717) is 23.0 Å². The molecule has 0 amide bonds. The molecule has 4 aliphatic carbocycles. The number of hydrogen-bond acceptors (Lipinski definition) is 4. The number of ether oxygens (including phenoxy) is 2. The van der Waals surface area contributed by atoms with Crippen LogP contribution in [0.3, 0.4) is 0 Å². The first-order valence-corrected chi connectivity index (χ1v) is 12.4. The molecule has 176 valence electrons. The Morgan fingerprint density at radius 3 is 2.53 bits per heavy atom. The van der Waals surface area contributed by atoms with Gasteiger partial charge in [0.1, 0.15) is 12.2 Å². The number of carbonyl (C=O) groups is 2. The van der Waals surface area contributed by atoms with Crippen molar-refractivity contribution < 1.29 is 19.1 Å². The highest BCUT2D eigenvalue weighted by Gasteiger charge is 2.63. The molecule has 1 aromatic carbocycles. The second kappa shape index (κ2) is 9.61. The lowest BCUT2D eigenvalue weighted by Gasteiger charge is -2.38. The predicted molar refractivity (Wildman–Crippen MR) is 132 cm³/mol. The summed E-state index contributed by atoms with van der Waals surface area (Å²) >= 11 is 0. The minimum absolute atomic E-state index is 0.150. The van der Waals surface area contributed by atoms with E-state index in [-0.39, 0.29) is 23.8 Å². The minimum Gasteiger partial charge on any atom is -0.455 e. The van der Waals surface area contributed by atoms with Gasteiger partial charge in [-0.15, -0.1) is 6.58 Å². The molecule has 0 N–H and O–H groups in total. The van der Waals surface area contributed by atoms with E-state index in [0.717, 1.165) is 32.1 Å². The standard InChI is InChI=1S/C30H32O4/c1-3-4-7-16-22-19(2)17-23-24-18-25(26(22)23)28(34-30(32)21-14-10-6-11-15-21)27(24)33-29(31)20-12-8-5-9-13-20/h3,6-8,10-16,23-28H,1,4-5,9,17-18H2,2H3/b16-7-/t23?,24?,25?,26?,27-,28?/m1/s1. The molecule has 4 aliphatic rings. The second-order valence-corrected chi connectivity index (χ2v) is 9.86. The summed E-state index contributed by atoms with van der Waals surface area (Å²) in [7, 11) is 0. The van der Waals surface area contributed by atoms with Crippen molar-refractivity contribution in [1.82, 2.24) is 0 Å². The SMILES string of the molecule is C=CC/C=C\C1=C(C)CC2C1C1CC2[C@@H](OC(=O)C2=CCCC=C2)C1OC(=O)c1ccccc1. The van der Waals surface area contributed by atoms with Crippen molar-refractivity contribution in [3.63, 3.8) is 0 Å². The molecular formula is C30H32O4. The van der Waals surface area contributed by atoms with E-state index < -0.39 is 12.2 Å². The Hall–Kier alpha value is -3.14. The molecule has 34 heavy (non-hydrogen) atoms. The third-order valence-corrected chi connectivity index (χ3v) is 7.90. The molecule has 1 aromatic rings. The average Bonchev–Trinajstić information content (AvgIpc) is 3.50. The average molecular weight is 457 g/mol. The first-order valence-electron chi connectivity index (χ1n) is 12.4. The first kappa shape index (κ1) is 22.6. The maximum Gasteiger partial charge on any atom is 0.338 e. The summed E-state index contributed by atoms with van der Waals surface area (Å²) in [5, 5.41) is 0. The van der Waals surface area contributed by atoms with Crippen molar-refractivity contribution in [2.24, 2.45) is 23.7 Å². The maximum atomic E-state index is 13.0. The van der Waals surface area contributed by atoms with Gasteiger partial charge >= 0.3 is 11.9 Å². The molecular weight excluding hydrogens is 424 g/mol. The molecule has 5 unspecified atom stereocenters. The predicted octanol–water partition coefficient (Wildman–Crippen LogP) is 6.13. The molecule has 4 heteroatoms. The van der Waals surface area contributed by atoms with Crippen LogP contribution in [0.2, 0.25) is 0 Å². The number of carbonyl (C=O) groups excluding carboxylic acids is 2. The fraction of sp³-hybridized carbons (Fsp3) is 0.400. The van der Waals surface area contributed by atoms with Crippen LogP contribution in [0.25, 0.3) is 0 Å².